The topological polar surface area (TPSA) is 83.5 Å². The lowest BCUT2D eigenvalue weighted by atomic mass is 10.0. The van der Waals surface area contributed by atoms with Crippen LogP contribution in [0.15, 0.2) is 118 Å². The number of hydrogen-bond donors (Lipinski definition) is 2. The van der Waals surface area contributed by atoms with E-state index in [9.17, 15) is 18.3 Å². The van der Waals surface area contributed by atoms with Crippen molar-refractivity contribution < 1.29 is 18.3 Å². The predicted octanol–water partition coefficient (Wildman–Crippen LogP) is 6.00. The molecule has 0 aliphatic rings. The average Bonchev–Trinajstić information content (AvgIpc) is 2.80. The molecule has 4 aromatic rings. The summed E-state index contributed by atoms with van der Waals surface area (Å²) in [7, 11) is -3.81. The van der Waals surface area contributed by atoms with Gasteiger partial charge in [0.2, 0.25) is 0 Å². The Morgan fingerprint density at radius 3 is 2.12 bits per heavy atom. The smallest absolute Gasteiger partial charge is 0.335 e. The van der Waals surface area contributed by atoms with Crippen LogP contribution >= 0.6 is 11.8 Å². The van der Waals surface area contributed by atoms with E-state index in [0.29, 0.717) is 16.8 Å². The van der Waals surface area contributed by atoms with E-state index in [0.717, 1.165) is 9.79 Å². The van der Waals surface area contributed by atoms with Gasteiger partial charge in [-0.15, -0.1) is 0 Å². The molecule has 2 N–H and O–H groups in total. The Morgan fingerprint density at radius 1 is 0.719 bits per heavy atom. The Kier molecular flexibility index (Phi) is 6.30. The minimum Gasteiger partial charge on any atom is -0.478 e. The predicted molar refractivity (Wildman–Crippen MR) is 127 cm³/mol. The molecule has 7 heteroatoms. The monoisotopic (exact) mass is 461 g/mol. The van der Waals surface area contributed by atoms with Crippen molar-refractivity contribution in [1.82, 2.24) is 0 Å². The van der Waals surface area contributed by atoms with E-state index in [-0.39, 0.29) is 10.5 Å². The van der Waals surface area contributed by atoms with Crippen LogP contribution in [0.4, 0.5) is 5.69 Å². The molecule has 0 atom stereocenters. The number of aromatic carboxylic acids is 1. The Morgan fingerprint density at radius 2 is 1.38 bits per heavy atom. The maximum atomic E-state index is 13.0. The summed E-state index contributed by atoms with van der Waals surface area (Å²) in [4.78, 5) is 13.2. The zero-order valence-electron chi connectivity index (χ0n) is 16.8. The first-order valence-corrected chi connectivity index (χ1v) is 12.0. The van der Waals surface area contributed by atoms with Crippen molar-refractivity contribution in [1.29, 1.82) is 0 Å². The Hall–Kier alpha value is -3.55. The summed E-state index contributed by atoms with van der Waals surface area (Å²) in [5, 5.41) is 9.21. The highest BCUT2D eigenvalue weighted by Crippen LogP contribution is 2.30. The van der Waals surface area contributed by atoms with Gasteiger partial charge in [-0.1, -0.05) is 60.3 Å². The first-order chi connectivity index (χ1) is 15.4. The fourth-order valence-electron chi connectivity index (χ4n) is 3.14. The molecule has 0 saturated heterocycles. The molecule has 0 unspecified atom stereocenters. The summed E-state index contributed by atoms with van der Waals surface area (Å²) in [5.74, 6) is -1.02. The molecule has 160 valence electrons. The molecule has 0 radical (unpaired) electrons. The fraction of sp³-hybridized carbons (Fsp3) is 0. The van der Waals surface area contributed by atoms with Gasteiger partial charge in [-0.05, 0) is 65.7 Å². The molecule has 0 aliphatic heterocycles. The maximum absolute atomic E-state index is 13.0. The molecule has 32 heavy (non-hydrogen) atoms. The molecule has 5 nitrogen and oxygen atoms in total. The van der Waals surface area contributed by atoms with Crippen LogP contribution in [0.1, 0.15) is 10.4 Å². The van der Waals surface area contributed by atoms with Gasteiger partial charge in [-0.2, -0.15) is 0 Å². The molecule has 0 bridgehead atoms. The number of nitrogens with one attached hydrogen (secondary N) is 1. The Labute approximate surface area is 190 Å². The van der Waals surface area contributed by atoms with Crippen molar-refractivity contribution in [3.63, 3.8) is 0 Å². The molecule has 0 fully saturated rings. The number of rotatable bonds is 7. The molecular formula is C25H19NO4S2. The van der Waals surface area contributed by atoms with Gasteiger partial charge in [-0.25, -0.2) is 13.2 Å². The van der Waals surface area contributed by atoms with E-state index in [1.807, 2.05) is 36.4 Å². The van der Waals surface area contributed by atoms with Crippen molar-refractivity contribution in [2.75, 3.05) is 4.72 Å². The van der Waals surface area contributed by atoms with Gasteiger partial charge < -0.3 is 5.11 Å². The molecule has 0 aromatic heterocycles. The molecule has 0 saturated carbocycles. The first kappa shape index (κ1) is 21.7. The van der Waals surface area contributed by atoms with Crippen LogP contribution in [0.5, 0.6) is 0 Å². The van der Waals surface area contributed by atoms with Crippen LogP contribution in [-0.4, -0.2) is 19.5 Å². The Balaban J connectivity index is 1.58. The van der Waals surface area contributed by atoms with Crippen LogP contribution in [0, 0.1) is 0 Å². The zero-order chi connectivity index (χ0) is 22.6. The van der Waals surface area contributed by atoms with Crippen molar-refractivity contribution in [2.45, 2.75) is 14.7 Å². The van der Waals surface area contributed by atoms with Crippen molar-refractivity contribution in [3.05, 3.63) is 109 Å². The number of carboxylic acids is 1. The van der Waals surface area contributed by atoms with Crippen molar-refractivity contribution >= 4 is 33.4 Å². The Bertz CT molecular complexity index is 1370. The van der Waals surface area contributed by atoms with Crippen LogP contribution < -0.4 is 4.72 Å². The number of hydrogen-bond acceptors (Lipinski definition) is 4. The first-order valence-electron chi connectivity index (χ1n) is 9.70. The van der Waals surface area contributed by atoms with Gasteiger partial charge in [-0.3, -0.25) is 4.72 Å². The minimum absolute atomic E-state index is 0.164. The molecule has 4 rings (SSSR count). The second kappa shape index (κ2) is 9.30. The van der Waals surface area contributed by atoms with Gasteiger partial charge in [0.05, 0.1) is 10.5 Å². The van der Waals surface area contributed by atoms with Crippen LogP contribution in [-0.2, 0) is 10.0 Å². The van der Waals surface area contributed by atoms with Crippen LogP contribution in [0.2, 0.25) is 0 Å². The van der Waals surface area contributed by atoms with Gasteiger partial charge in [0.15, 0.2) is 0 Å². The summed E-state index contributed by atoms with van der Waals surface area (Å²) in [5.41, 5.74) is 1.96. The number of carbonyl (C=O) groups is 1. The van der Waals surface area contributed by atoms with E-state index in [4.69, 9.17) is 0 Å². The van der Waals surface area contributed by atoms with E-state index < -0.39 is 16.0 Å². The van der Waals surface area contributed by atoms with Gasteiger partial charge in [0.25, 0.3) is 10.0 Å². The standard InChI is InChI=1S/C25H19NO4S2/c27-25(28)20-9-4-7-18(15-20)19-8-5-10-21(16-19)26-32(29,30)24-14-6-13-23(17-24)31-22-11-2-1-3-12-22/h1-17,26H,(H,27,28). The summed E-state index contributed by atoms with van der Waals surface area (Å²) < 4.78 is 28.6. The maximum Gasteiger partial charge on any atom is 0.335 e. The SMILES string of the molecule is O=C(O)c1cccc(-c2cccc(NS(=O)(=O)c3cccc(Sc4ccccc4)c3)c2)c1. The van der Waals surface area contributed by atoms with E-state index in [2.05, 4.69) is 4.72 Å². The van der Waals surface area contributed by atoms with Crippen LogP contribution in [0.25, 0.3) is 11.1 Å². The average molecular weight is 462 g/mol. The van der Waals surface area contributed by atoms with Crippen molar-refractivity contribution in [3.8, 4) is 11.1 Å². The summed E-state index contributed by atoms with van der Waals surface area (Å²) >= 11 is 1.49. The molecule has 0 heterocycles. The lowest BCUT2D eigenvalue weighted by Crippen LogP contribution is -2.13. The number of sulfonamides is 1. The highest BCUT2D eigenvalue weighted by molar-refractivity contribution is 7.99. The van der Waals surface area contributed by atoms with Crippen molar-refractivity contribution in [2.24, 2.45) is 0 Å². The van der Waals surface area contributed by atoms with E-state index in [1.54, 1.807) is 60.7 Å². The zero-order valence-corrected chi connectivity index (χ0v) is 18.4. The summed E-state index contributed by atoms with van der Waals surface area (Å²) in [6.07, 6.45) is 0. The third kappa shape index (κ3) is 5.19. The van der Waals surface area contributed by atoms with Gasteiger partial charge in [0, 0.05) is 15.5 Å². The lowest BCUT2D eigenvalue weighted by molar-refractivity contribution is 0.0697. The van der Waals surface area contributed by atoms with Gasteiger partial charge >= 0.3 is 5.97 Å². The summed E-state index contributed by atoms with van der Waals surface area (Å²) in [6.45, 7) is 0. The second-order valence-corrected chi connectivity index (χ2v) is 9.79. The highest BCUT2D eigenvalue weighted by Gasteiger charge is 2.15. The highest BCUT2D eigenvalue weighted by atomic mass is 32.2. The largest absolute Gasteiger partial charge is 0.478 e. The third-order valence-electron chi connectivity index (χ3n) is 4.65. The number of benzene rings is 4. The normalized spacial score (nSPS) is 11.1. The quantitative estimate of drug-likeness (QED) is 0.352. The third-order valence-corrected chi connectivity index (χ3v) is 7.03. The number of anilines is 1. The van der Waals surface area contributed by atoms with Crippen LogP contribution in [0.3, 0.4) is 0 Å². The second-order valence-electron chi connectivity index (χ2n) is 6.96. The summed E-state index contributed by atoms with van der Waals surface area (Å²) in [6, 6.07) is 29.9. The fourth-order valence-corrected chi connectivity index (χ4v) is 5.21. The molecule has 4 aromatic carbocycles. The molecule has 0 spiro atoms. The minimum atomic E-state index is -3.81. The lowest BCUT2D eigenvalue weighted by Gasteiger charge is -2.11. The molecule has 0 amide bonds. The molecular weight excluding hydrogens is 442 g/mol. The van der Waals surface area contributed by atoms with Gasteiger partial charge in [0.1, 0.15) is 0 Å². The van der Waals surface area contributed by atoms with E-state index >= 15 is 0 Å². The number of carboxylic acid groups (broad SMARTS) is 1. The molecule has 0 aliphatic carbocycles. The van der Waals surface area contributed by atoms with E-state index in [1.165, 1.54) is 17.8 Å².